The van der Waals surface area contributed by atoms with Gasteiger partial charge in [-0.05, 0) is 42.0 Å². The Hall–Kier alpha value is -2.12. The van der Waals surface area contributed by atoms with E-state index in [0.29, 0.717) is 19.1 Å². The fraction of sp³-hybridized carbons (Fsp3) is 0.474. The molecule has 1 aliphatic carbocycles. The molecule has 1 aliphatic heterocycles. The van der Waals surface area contributed by atoms with Crippen LogP contribution in [0.4, 0.5) is 10.6 Å². The Morgan fingerprint density at radius 1 is 1.35 bits per heavy atom. The lowest BCUT2D eigenvalue weighted by molar-refractivity contribution is 0.122. The predicted molar refractivity (Wildman–Crippen MR) is 102 cm³/mol. The average molecular weight is 372 g/mol. The van der Waals surface area contributed by atoms with Crippen LogP contribution in [0.2, 0.25) is 0 Å². The summed E-state index contributed by atoms with van der Waals surface area (Å²) in [5.41, 5.74) is 1.07. The SMILES string of the molecule is O=C(NCc1ccnc(N2CCOCC2)c1)N(Cc1cccs1)C1CC1. The molecule has 2 aliphatic rings. The van der Waals surface area contributed by atoms with E-state index in [1.807, 2.05) is 23.2 Å². The fourth-order valence-corrected chi connectivity index (χ4v) is 3.84. The van der Waals surface area contributed by atoms with Crippen molar-refractivity contribution in [2.45, 2.75) is 32.0 Å². The number of hydrogen-bond acceptors (Lipinski definition) is 5. The highest BCUT2D eigenvalue weighted by molar-refractivity contribution is 7.09. The van der Waals surface area contributed by atoms with E-state index in [0.717, 1.165) is 50.5 Å². The van der Waals surface area contributed by atoms with E-state index >= 15 is 0 Å². The quantitative estimate of drug-likeness (QED) is 0.847. The maximum Gasteiger partial charge on any atom is 0.318 e. The number of rotatable bonds is 6. The van der Waals surface area contributed by atoms with E-state index in [1.165, 1.54) is 4.88 Å². The van der Waals surface area contributed by atoms with Crippen molar-refractivity contribution < 1.29 is 9.53 Å². The molecule has 1 N–H and O–H groups in total. The zero-order valence-electron chi connectivity index (χ0n) is 14.8. The molecule has 0 radical (unpaired) electrons. The molecule has 0 unspecified atom stereocenters. The highest BCUT2D eigenvalue weighted by atomic mass is 32.1. The number of morpholine rings is 1. The molecule has 138 valence electrons. The van der Waals surface area contributed by atoms with Crippen LogP contribution >= 0.6 is 11.3 Å². The number of carbonyl (C=O) groups excluding carboxylic acids is 1. The Kier molecular flexibility index (Phi) is 5.36. The van der Waals surface area contributed by atoms with Crippen molar-refractivity contribution in [1.29, 1.82) is 0 Å². The maximum absolute atomic E-state index is 12.7. The summed E-state index contributed by atoms with van der Waals surface area (Å²) in [5, 5.41) is 5.14. The minimum atomic E-state index is 0.0191. The molecule has 26 heavy (non-hydrogen) atoms. The molecule has 1 saturated carbocycles. The number of carbonyl (C=O) groups is 1. The molecule has 1 saturated heterocycles. The van der Waals surface area contributed by atoms with Crippen molar-refractivity contribution in [1.82, 2.24) is 15.2 Å². The number of aromatic nitrogens is 1. The number of ether oxygens (including phenoxy) is 1. The number of nitrogens with one attached hydrogen (secondary N) is 1. The lowest BCUT2D eigenvalue weighted by Gasteiger charge is -2.28. The molecule has 0 spiro atoms. The monoisotopic (exact) mass is 372 g/mol. The first-order chi connectivity index (χ1) is 12.8. The number of anilines is 1. The summed E-state index contributed by atoms with van der Waals surface area (Å²) in [6, 6.07) is 8.55. The number of urea groups is 1. The highest BCUT2D eigenvalue weighted by Crippen LogP contribution is 2.29. The smallest absolute Gasteiger partial charge is 0.318 e. The Bertz CT molecular complexity index is 727. The van der Waals surface area contributed by atoms with Gasteiger partial charge in [-0.2, -0.15) is 0 Å². The van der Waals surface area contributed by atoms with Gasteiger partial charge in [0.2, 0.25) is 0 Å². The van der Waals surface area contributed by atoms with Crippen molar-refractivity contribution in [2.75, 3.05) is 31.2 Å². The lowest BCUT2D eigenvalue weighted by atomic mass is 10.2. The fourth-order valence-electron chi connectivity index (χ4n) is 3.14. The van der Waals surface area contributed by atoms with Gasteiger partial charge in [-0.15, -0.1) is 11.3 Å². The molecule has 2 amide bonds. The van der Waals surface area contributed by atoms with Gasteiger partial charge >= 0.3 is 6.03 Å². The normalized spacial score (nSPS) is 17.2. The van der Waals surface area contributed by atoms with Gasteiger partial charge in [0.15, 0.2) is 0 Å². The highest BCUT2D eigenvalue weighted by Gasteiger charge is 2.32. The summed E-state index contributed by atoms with van der Waals surface area (Å²) in [6.45, 7) is 4.41. The van der Waals surface area contributed by atoms with E-state index < -0.39 is 0 Å². The van der Waals surface area contributed by atoms with Gasteiger partial charge in [-0.1, -0.05) is 6.07 Å². The number of hydrogen-bond donors (Lipinski definition) is 1. The van der Waals surface area contributed by atoms with Crippen LogP contribution in [0.15, 0.2) is 35.8 Å². The maximum atomic E-state index is 12.7. The van der Waals surface area contributed by atoms with Crippen molar-refractivity contribution in [3.63, 3.8) is 0 Å². The van der Waals surface area contributed by atoms with Gasteiger partial charge in [0.1, 0.15) is 5.82 Å². The minimum absolute atomic E-state index is 0.0191. The lowest BCUT2D eigenvalue weighted by Crippen LogP contribution is -2.40. The second kappa shape index (κ2) is 8.05. The number of pyridine rings is 1. The standard InChI is InChI=1S/C19H24N4O2S/c24-19(23(16-3-4-16)14-17-2-1-11-26-17)21-13-15-5-6-20-18(12-15)22-7-9-25-10-8-22/h1-2,5-6,11-12,16H,3-4,7-10,13-14H2,(H,21,24). The van der Waals surface area contributed by atoms with Crippen LogP contribution in [0.5, 0.6) is 0 Å². The number of nitrogens with zero attached hydrogens (tertiary/aromatic N) is 3. The molecular weight excluding hydrogens is 348 g/mol. The molecule has 4 rings (SSSR count). The molecular formula is C19H24N4O2S. The van der Waals surface area contributed by atoms with Gasteiger partial charge in [-0.25, -0.2) is 9.78 Å². The van der Waals surface area contributed by atoms with Gasteiger partial charge in [-0.3, -0.25) is 0 Å². The first-order valence-electron chi connectivity index (χ1n) is 9.14. The van der Waals surface area contributed by atoms with E-state index in [2.05, 4.69) is 32.7 Å². The van der Waals surface area contributed by atoms with E-state index in [1.54, 1.807) is 11.3 Å². The Labute approximate surface area is 157 Å². The third kappa shape index (κ3) is 4.34. The number of amides is 2. The summed E-state index contributed by atoms with van der Waals surface area (Å²) >= 11 is 1.70. The molecule has 6 nitrogen and oxygen atoms in total. The van der Waals surface area contributed by atoms with E-state index in [-0.39, 0.29) is 6.03 Å². The Balaban J connectivity index is 1.35. The van der Waals surface area contributed by atoms with Crippen LogP contribution in [0.25, 0.3) is 0 Å². The second-order valence-corrected chi connectivity index (χ2v) is 7.75. The van der Waals surface area contributed by atoms with Crippen molar-refractivity contribution in [3.05, 3.63) is 46.3 Å². The molecule has 3 heterocycles. The summed E-state index contributed by atoms with van der Waals surface area (Å²) in [4.78, 5) is 22.6. The molecule has 7 heteroatoms. The largest absolute Gasteiger partial charge is 0.378 e. The van der Waals surface area contributed by atoms with Gasteiger partial charge < -0.3 is 19.9 Å². The van der Waals surface area contributed by atoms with Crippen LogP contribution < -0.4 is 10.2 Å². The van der Waals surface area contributed by atoms with Gasteiger partial charge in [0.25, 0.3) is 0 Å². The molecule has 0 atom stereocenters. The third-order valence-corrected chi connectivity index (χ3v) is 5.60. The second-order valence-electron chi connectivity index (χ2n) is 6.72. The Morgan fingerprint density at radius 2 is 2.19 bits per heavy atom. The molecule has 2 aromatic rings. The third-order valence-electron chi connectivity index (χ3n) is 4.74. The van der Waals surface area contributed by atoms with Gasteiger partial charge in [0, 0.05) is 36.8 Å². The topological polar surface area (TPSA) is 57.7 Å². The summed E-state index contributed by atoms with van der Waals surface area (Å²) in [7, 11) is 0. The van der Waals surface area contributed by atoms with Crippen LogP contribution in [0, 0.1) is 0 Å². The molecule has 2 aromatic heterocycles. The van der Waals surface area contributed by atoms with E-state index in [9.17, 15) is 4.79 Å². The summed E-state index contributed by atoms with van der Waals surface area (Å²) in [6.07, 6.45) is 4.03. The summed E-state index contributed by atoms with van der Waals surface area (Å²) in [5.74, 6) is 0.956. The minimum Gasteiger partial charge on any atom is -0.378 e. The average Bonchev–Trinajstić information content (AvgIpc) is 3.40. The molecule has 0 aromatic carbocycles. The first-order valence-corrected chi connectivity index (χ1v) is 10.0. The van der Waals surface area contributed by atoms with Crippen LogP contribution in [0.3, 0.4) is 0 Å². The first kappa shape index (κ1) is 17.3. The zero-order chi connectivity index (χ0) is 17.8. The van der Waals surface area contributed by atoms with Crippen LogP contribution in [0.1, 0.15) is 23.3 Å². The van der Waals surface area contributed by atoms with Crippen molar-refractivity contribution in [2.24, 2.45) is 0 Å². The molecule has 0 bridgehead atoms. The van der Waals surface area contributed by atoms with Crippen LogP contribution in [-0.4, -0.2) is 48.3 Å². The predicted octanol–water partition coefficient (Wildman–Crippen LogP) is 2.85. The van der Waals surface area contributed by atoms with Crippen molar-refractivity contribution in [3.8, 4) is 0 Å². The summed E-state index contributed by atoms with van der Waals surface area (Å²) < 4.78 is 5.40. The van der Waals surface area contributed by atoms with Gasteiger partial charge in [0.05, 0.1) is 19.8 Å². The van der Waals surface area contributed by atoms with Crippen molar-refractivity contribution >= 4 is 23.2 Å². The van der Waals surface area contributed by atoms with Crippen LogP contribution in [-0.2, 0) is 17.8 Å². The van der Waals surface area contributed by atoms with E-state index in [4.69, 9.17) is 4.74 Å². The number of thiophene rings is 1. The Morgan fingerprint density at radius 3 is 2.92 bits per heavy atom. The molecule has 2 fully saturated rings. The zero-order valence-corrected chi connectivity index (χ0v) is 15.6.